The van der Waals surface area contributed by atoms with Crippen LogP contribution in [0.3, 0.4) is 0 Å². The van der Waals surface area contributed by atoms with Crippen LogP contribution in [0.5, 0.6) is 0 Å². The minimum atomic E-state index is 0.883. The van der Waals surface area contributed by atoms with Crippen LogP contribution < -0.4 is 5.32 Å². The summed E-state index contributed by atoms with van der Waals surface area (Å²) in [7, 11) is 0. The van der Waals surface area contributed by atoms with Gasteiger partial charge in [-0.1, -0.05) is 6.92 Å². The summed E-state index contributed by atoms with van der Waals surface area (Å²) in [6.45, 7) is 3.35. The van der Waals surface area contributed by atoms with Crippen molar-refractivity contribution in [2.24, 2.45) is 23.7 Å². The van der Waals surface area contributed by atoms with Crippen LogP contribution in [0.15, 0.2) is 12.1 Å². The Hall–Kier alpha value is -0.340. The molecule has 0 radical (unpaired) electrons. The Morgan fingerprint density at radius 1 is 1.18 bits per heavy atom. The molecule has 1 N–H and O–H groups in total. The highest BCUT2D eigenvalue weighted by Gasteiger charge is 2.64. The summed E-state index contributed by atoms with van der Waals surface area (Å²) in [4.78, 5) is 3.05. The summed E-state index contributed by atoms with van der Waals surface area (Å²) >= 11 is 1.99. The SMILES string of the molecule is CCc1ccc(CNC2C3C4CCC(C4)C23)s1. The predicted octanol–water partition coefficient (Wildman–Crippen LogP) is 3.44. The average Bonchev–Trinajstić information content (AvgIpc) is 2.81. The highest BCUT2D eigenvalue weighted by molar-refractivity contribution is 7.11. The van der Waals surface area contributed by atoms with E-state index in [4.69, 9.17) is 0 Å². The summed E-state index contributed by atoms with van der Waals surface area (Å²) < 4.78 is 0. The van der Waals surface area contributed by atoms with Crippen LogP contribution in [-0.2, 0) is 13.0 Å². The topological polar surface area (TPSA) is 12.0 Å². The highest BCUT2D eigenvalue weighted by Crippen LogP contribution is 2.65. The highest BCUT2D eigenvalue weighted by atomic mass is 32.1. The van der Waals surface area contributed by atoms with Gasteiger partial charge in [0.25, 0.3) is 0 Å². The number of aryl methyl sites for hydroxylation is 1. The van der Waals surface area contributed by atoms with E-state index < -0.39 is 0 Å². The van der Waals surface area contributed by atoms with Gasteiger partial charge >= 0.3 is 0 Å². The fourth-order valence-corrected chi connectivity index (χ4v) is 5.43. The number of hydrogen-bond acceptors (Lipinski definition) is 2. The molecule has 3 aliphatic rings. The zero-order valence-corrected chi connectivity index (χ0v) is 11.3. The van der Waals surface area contributed by atoms with Gasteiger partial charge in [0.2, 0.25) is 0 Å². The van der Waals surface area contributed by atoms with Crippen LogP contribution in [0.25, 0.3) is 0 Å². The fourth-order valence-electron chi connectivity index (χ4n) is 4.52. The van der Waals surface area contributed by atoms with E-state index in [1.54, 1.807) is 6.42 Å². The second-order valence-corrected chi connectivity index (χ2v) is 7.37. The summed E-state index contributed by atoms with van der Waals surface area (Å²) in [5.41, 5.74) is 0. The number of nitrogens with one attached hydrogen (secondary N) is 1. The first-order valence-electron chi connectivity index (χ1n) is 7.18. The van der Waals surface area contributed by atoms with E-state index in [-0.39, 0.29) is 0 Å². The van der Waals surface area contributed by atoms with Gasteiger partial charge in [-0.15, -0.1) is 11.3 Å². The van der Waals surface area contributed by atoms with Gasteiger partial charge in [-0.25, -0.2) is 0 Å². The monoisotopic (exact) mass is 247 g/mol. The summed E-state index contributed by atoms with van der Waals surface area (Å²) in [5, 5.41) is 3.82. The Bertz CT molecular complexity index is 408. The molecule has 0 spiro atoms. The Kier molecular flexibility index (Phi) is 2.38. The smallest absolute Gasteiger partial charge is 0.0302 e. The van der Waals surface area contributed by atoms with Crippen molar-refractivity contribution < 1.29 is 0 Å². The molecule has 4 atom stereocenters. The maximum Gasteiger partial charge on any atom is 0.0302 e. The van der Waals surface area contributed by atoms with Crippen molar-refractivity contribution in [3.8, 4) is 0 Å². The van der Waals surface area contributed by atoms with Gasteiger partial charge in [-0.2, -0.15) is 0 Å². The lowest BCUT2D eigenvalue weighted by Gasteiger charge is -2.09. The summed E-state index contributed by atoms with van der Waals surface area (Å²) in [5.74, 6) is 4.33. The summed E-state index contributed by atoms with van der Waals surface area (Å²) in [6.07, 6.45) is 5.81. The van der Waals surface area contributed by atoms with Gasteiger partial charge < -0.3 is 5.32 Å². The van der Waals surface area contributed by atoms with Crippen LogP contribution in [0.2, 0.25) is 0 Å². The molecule has 4 rings (SSSR count). The van der Waals surface area contributed by atoms with Crippen molar-refractivity contribution >= 4 is 11.3 Å². The molecular formula is C15H21NS. The van der Waals surface area contributed by atoms with E-state index in [0.717, 1.165) is 36.3 Å². The Balaban J connectivity index is 1.35. The molecule has 0 saturated heterocycles. The lowest BCUT2D eigenvalue weighted by atomic mass is 10.0. The Morgan fingerprint density at radius 2 is 1.88 bits per heavy atom. The van der Waals surface area contributed by atoms with Gasteiger partial charge in [0.1, 0.15) is 0 Å². The quantitative estimate of drug-likeness (QED) is 0.859. The fraction of sp³-hybridized carbons (Fsp3) is 0.733. The van der Waals surface area contributed by atoms with Crippen LogP contribution in [-0.4, -0.2) is 6.04 Å². The molecule has 3 aliphatic carbocycles. The third-order valence-electron chi connectivity index (χ3n) is 5.31. The molecule has 0 amide bonds. The third-order valence-corrected chi connectivity index (χ3v) is 6.54. The molecule has 2 heteroatoms. The second kappa shape index (κ2) is 3.83. The normalized spacial score (nSPS) is 41.8. The zero-order valence-electron chi connectivity index (χ0n) is 10.5. The second-order valence-electron chi connectivity index (χ2n) is 6.12. The van der Waals surface area contributed by atoms with Gasteiger partial charge in [-0.3, -0.25) is 0 Å². The van der Waals surface area contributed by atoms with E-state index in [1.165, 1.54) is 29.0 Å². The minimum absolute atomic E-state index is 0.883. The van der Waals surface area contributed by atoms with Crippen LogP contribution >= 0.6 is 11.3 Å². The van der Waals surface area contributed by atoms with Crippen molar-refractivity contribution in [1.82, 2.24) is 5.32 Å². The molecular weight excluding hydrogens is 226 g/mol. The molecule has 4 unspecified atom stereocenters. The number of hydrogen-bond donors (Lipinski definition) is 1. The standard InChI is InChI=1S/C15H21NS/c1-2-11-5-6-12(17-11)8-16-15-13-9-3-4-10(7-9)14(13)15/h5-6,9-10,13-16H,2-4,7-8H2,1H3. The van der Waals surface area contributed by atoms with E-state index >= 15 is 0 Å². The van der Waals surface area contributed by atoms with Crippen molar-refractivity contribution in [3.63, 3.8) is 0 Å². The summed E-state index contributed by atoms with van der Waals surface area (Å²) in [6, 6.07) is 5.48. The molecule has 0 aromatic carbocycles. The molecule has 1 nitrogen and oxygen atoms in total. The van der Waals surface area contributed by atoms with E-state index in [1.807, 2.05) is 11.3 Å². The predicted molar refractivity (Wildman–Crippen MR) is 72.1 cm³/mol. The van der Waals surface area contributed by atoms with Crippen molar-refractivity contribution in [3.05, 3.63) is 21.9 Å². The van der Waals surface area contributed by atoms with E-state index in [2.05, 4.69) is 24.4 Å². The molecule has 2 bridgehead atoms. The molecule has 1 aromatic rings. The molecule has 92 valence electrons. The first-order valence-corrected chi connectivity index (χ1v) is 7.99. The Labute approximate surface area is 108 Å². The van der Waals surface area contributed by atoms with Crippen molar-refractivity contribution in [1.29, 1.82) is 0 Å². The molecule has 0 aliphatic heterocycles. The van der Waals surface area contributed by atoms with Gasteiger partial charge in [0.15, 0.2) is 0 Å². The van der Waals surface area contributed by atoms with Gasteiger partial charge in [0.05, 0.1) is 0 Å². The molecule has 1 heterocycles. The first-order chi connectivity index (χ1) is 8.36. The Morgan fingerprint density at radius 3 is 2.53 bits per heavy atom. The van der Waals surface area contributed by atoms with Gasteiger partial charge in [0, 0.05) is 22.3 Å². The van der Waals surface area contributed by atoms with Crippen molar-refractivity contribution in [2.75, 3.05) is 0 Å². The number of thiophene rings is 1. The largest absolute Gasteiger partial charge is 0.309 e. The van der Waals surface area contributed by atoms with Gasteiger partial charge in [-0.05, 0) is 61.5 Å². The van der Waals surface area contributed by atoms with Crippen LogP contribution in [0.4, 0.5) is 0 Å². The average molecular weight is 247 g/mol. The van der Waals surface area contributed by atoms with Crippen molar-refractivity contribution in [2.45, 2.75) is 45.2 Å². The maximum atomic E-state index is 3.82. The van der Waals surface area contributed by atoms with E-state index in [9.17, 15) is 0 Å². The van der Waals surface area contributed by atoms with Crippen LogP contribution in [0, 0.1) is 23.7 Å². The lowest BCUT2D eigenvalue weighted by molar-refractivity contribution is 0.456. The first kappa shape index (κ1) is 10.6. The molecule has 17 heavy (non-hydrogen) atoms. The number of rotatable bonds is 4. The molecule has 1 aromatic heterocycles. The number of fused-ring (bicyclic) bond motifs is 5. The minimum Gasteiger partial charge on any atom is -0.309 e. The molecule has 3 saturated carbocycles. The van der Waals surface area contributed by atoms with Crippen LogP contribution in [0.1, 0.15) is 35.9 Å². The zero-order chi connectivity index (χ0) is 11.4. The lowest BCUT2D eigenvalue weighted by Crippen LogP contribution is -2.21. The van der Waals surface area contributed by atoms with E-state index in [0.29, 0.717) is 0 Å². The maximum absolute atomic E-state index is 3.82. The molecule has 3 fully saturated rings. The third kappa shape index (κ3) is 1.61.